The van der Waals surface area contributed by atoms with Gasteiger partial charge in [-0.25, -0.2) is 0 Å². The van der Waals surface area contributed by atoms with E-state index in [9.17, 15) is 0 Å². The number of benzene rings is 1. The Hall–Kier alpha value is -1.71. The van der Waals surface area contributed by atoms with Crippen molar-refractivity contribution in [3.05, 3.63) is 65.0 Å². The highest BCUT2D eigenvalue weighted by molar-refractivity contribution is 5.38. The van der Waals surface area contributed by atoms with Gasteiger partial charge in [0.25, 0.3) is 0 Å². The average Bonchev–Trinajstić information content (AvgIpc) is 2.88. The van der Waals surface area contributed by atoms with E-state index in [0.717, 1.165) is 13.2 Å². The largest absolute Gasteiger partial charge is 0.372 e. The highest BCUT2D eigenvalue weighted by Crippen LogP contribution is 2.26. The zero-order chi connectivity index (χ0) is 12.4. The number of hydrogen-bond acceptors (Lipinski definition) is 3. The maximum atomic E-state index is 5.46. The molecule has 1 unspecified atom stereocenters. The molecule has 0 saturated heterocycles. The summed E-state index contributed by atoms with van der Waals surface area (Å²) in [6, 6.07) is 10.8. The van der Waals surface area contributed by atoms with Gasteiger partial charge in [0, 0.05) is 12.4 Å². The van der Waals surface area contributed by atoms with E-state index in [0.29, 0.717) is 0 Å². The van der Waals surface area contributed by atoms with Crippen LogP contribution in [0.2, 0.25) is 0 Å². The van der Waals surface area contributed by atoms with Crippen molar-refractivity contribution in [1.29, 1.82) is 0 Å². The second-order valence-electron chi connectivity index (χ2n) is 4.53. The zero-order valence-corrected chi connectivity index (χ0v) is 10.4. The fraction of sp³-hybridized carbons (Fsp3) is 0.267. The Labute approximate surface area is 107 Å². The van der Waals surface area contributed by atoms with Gasteiger partial charge in [0.2, 0.25) is 0 Å². The molecule has 2 heterocycles. The normalized spacial score (nSPS) is 15.4. The molecule has 1 aromatic carbocycles. The van der Waals surface area contributed by atoms with Crippen LogP contribution in [0.3, 0.4) is 0 Å². The van der Waals surface area contributed by atoms with Gasteiger partial charge in [-0.15, -0.1) is 0 Å². The quantitative estimate of drug-likeness (QED) is 0.894. The molecule has 18 heavy (non-hydrogen) atoms. The number of aromatic nitrogens is 1. The Morgan fingerprint density at radius 3 is 2.83 bits per heavy atom. The van der Waals surface area contributed by atoms with Crippen molar-refractivity contribution < 1.29 is 4.74 Å². The number of pyridine rings is 1. The van der Waals surface area contributed by atoms with Crippen LogP contribution in [0, 0.1) is 0 Å². The van der Waals surface area contributed by atoms with Crippen molar-refractivity contribution in [3.8, 4) is 0 Å². The molecule has 1 atom stereocenters. The molecule has 1 aromatic heterocycles. The highest BCUT2D eigenvalue weighted by Gasteiger charge is 2.16. The number of fused-ring (bicyclic) bond motifs is 1. The third kappa shape index (κ3) is 2.03. The van der Waals surface area contributed by atoms with E-state index in [-0.39, 0.29) is 6.04 Å². The number of rotatable bonds is 3. The van der Waals surface area contributed by atoms with Gasteiger partial charge in [-0.2, -0.15) is 0 Å². The first-order valence-electron chi connectivity index (χ1n) is 6.15. The maximum absolute atomic E-state index is 5.46. The summed E-state index contributed by atoms with van der Waals surface area (Å²) in [6.07, 6.45) is 3.71. The molecule has 3 heteroatoms. The van der Waals surface area contributed by atoms with Gasteiger partial charge < -0.3 is 10.1 Å². The molecule has 0 saturated carbocycles. The highest BCUT2D eigenvalue weighted by atomic mass is 16.5. The van der Waals surface area contributed by atoms with Crippen molar-refractivity contribution in [2.45, 2.75) is 19.3 Å². The molecule has 0 bridgehead atoms. The second kappa shape index (κ2) is 4.88. The van der Waals surface area contributed by atoms with Crippen molar-refractivity contribution in [2.24, 2.45) is 0 Å². The standard InChI is InChI=1S/C15H16N2O/c1-16-15(12-3-2-6-17-8-12)11-4-5-13-9-18-10-14(13)7-11/h2-8,15-16H,9-10H2,1H3. The van der Waals surface area contributed by atoms with Gasteiger partial charge in [-0.1, -0.05) is 24.3 Å². The molecule has 0 fully saturated rings. The second-order valence-corrected chi connectivity index (χ2v) is 4.53. The van der Waals surface area contributed by atoms with Crippen LogP contribution in [0.1, 0.15) is 28.3 Å². The summed E-state index contributed by atoms with van der Waals surface area (Å²) in [5.74, 6) is 0. The van der Waals surface area contributed by atoms with E-state index in [2.05, 4.69) is 34.6 Å². The van der Waals surface area contributed by atoms with Crippen LogP contribution in [0.25, 0.3) is 0 Å². The molecule has 0 amide bonds. The van der Waals surface area contributed by atoms with Gasteiger partial charge in [0.15, 0.2) is 0 Å². The van der Waals surface area contributed by atoms with E-state index in [1.807, 2.05) is 19.3 Å². The van der Waals surface area contributed by atoms with Crippen LogP contribution in [0.4, 0.5) is 0 Å². The molecule has 0 radical (unpaired) electrons. The number of nitrogens with one attached hydrogen (secondary N) is 1. The van der Waals surface area contributed by atoms with Crippen molar-refractivity contribution in [1.82, 2.24) is 10.3 Å². The molecule has 92 valence electrons. The van der Waals surface area contributed by atoms with Crippen LogP contribution >= 0.6 is 0 Å². The summed E-state index contributed by atoms with van der Waals surface area (Å²) in [4.78, 5) is 4.19. The lowest BCUT2D eigenvalue weighted by atomic mass is 9.97. The van der Waals surface area contributed by atoms with Gasteiger partial charge in [0.1, 0.15) is 0 Å². The first-order valence-corrected chi connectivity index (χ1v) is 6.15. The Morgan fingerprint density at radius 2 is 2.06 bits per heavy atom. The first-order chi connectivity index (χ1) is 8.88. The fourth-order valence-corrected chi connectivity index (χ4v) is 2.44. The van der Waals surface area contributed by atoms with Crippen LogP contribution in [-0.2, 0) is 18.0 Å². The summed E-state index contributed by atoms with van der Waals surface area (Å²) < 4.78 is 5.46. The van der Waals surface area contributed by atoms with Crippen LogP contribution in [0.5, 0.6) is 0 Å². The lowest BCUT2D eigenvalue weighted by Gasteiger charge is -2.17. The lowest BCUT2D eigenvalue weighted by molar-refractivity contribution is 0.134. The average molecular weight is 240 g/mol. The Balaban J connectivity index is 1.97. The maximum Gasteiger partial charge on any atom is 0.0725 e. The van der Waals surface area contributed by atoms with E-state index < -0.39 is 0 Å². The van der Waals surface area contributed by atoms with E-state index in [4.69, 9.17) is 4.74 Å². The van der Waals surface area contributed by atoms with Crippen LogP contribution in [-0.4, -0.2) is 12.0 Å². The van der Waals surface area contributed by atoms with Gasteiger partial charge in [0.05, 0.1) is 19.3 Å². The zero-order valence-electron chi connectivity index (χ0n) is 10.4. The topological polar surface area (TPSA) is 34.2 Å². The predicted octanol–water partition coefficient (Wildman–Crippen LogP) is 2.42. The smallest absolute Gasteiger partial charge is 0.0725 e. The van der Waals surface area contributed by atoms with E-state index in [1.54, 1.807) is 6.20 Å². The molecular formula is C15H16N2O. The third-order valence-electron chi connectivity index (χ3n) is 3.39. The number of hydrogen-bond donors (Lipinski definition) is 1. The predicted molar refractivity (Wildman–Crippen MR) is 70.1 cm³/mol. The Morgan fingerprint density at radius 1 is 1.17 bits per heavy atom. The fourth-order valence-electron chi connectivity index (χ4n) is 2.44. The Bertz CT molecular complexity index is 539. The summed E-state index contributed by atoms with van der Waals surface area (Å²) >= 11 is 0. The molecule has 2 aromatic rings. The van der Waals surface area contributed by atoms with Crippen LogP contribution < -0.4 is 5.32 Å². The molecule has 3 nitrogen and oxygen atoms in total. The molecule has 0 spiro atoms. The van der Waals surface area contributed by atoms with Crippen molar-refractivity contribution in [2.75, 3.05) is 7.05 Å². The van der Waals surface area contributed by atoms with Crippen molar-refractivity contribution in [3.63, 3.8) is 0 Å². The third-order valence-corrected chi connectivity index (χ3v) is 3.39. The van der Waals surface area contributed by atoms with E-state index >= 15 is 0 Å². The molecule has 1 aliphatic rings. The summed E-state index contributed by atoms with van der Waals surface area (Å²) in [6.45, 7) is 1.47. The number of nitrogens with zero attached hydrogens (tertiary/aromatic N) is 1. The minimum Gasteiger partial charge on any atom is -0.372 e. The van der Waals surface area contributed by atoms with Gasteiger partial charge >= 0.3 is 0 Å². The number of ether oxygens (including phenoxy) is 1. The molecule has 0 aliphatic carbocycles. The Kier molecular flexibility index (Phi) is 3.09. The monoisotopic (exact) mass is 240 g/mol. The van der Waals surface area contributed by atoms with Crippen molar-refractivity contribution >= 4 is 0 Å². The van der Waals surface area contributed by atoms with E-state index in [1.165, 1.54) is 22.3 Å². The summed E-state index contributed by atoms with van der Waals surface area (Å²) in [7, 11) is 1.97. The summed E-state index contributed by atoms with van der Waals surface area (Å²) in [5.41, 5.74) is 5.05. The molecule has 1 aliphatic heterocycles. The minimum atomic E-state index is 0.185. The van der Waals surface area contributed by atoms with Crippen LogP contribution in [0.15, 0.2) is 42.7 Å². The lowest BCUT2D eigenvalue weighted by Crippen LogP contribution is -2.18. The minimum absolute atomic E-state index is 0.185. The first kappa shape index (κ1) is 11.4. The van der Waals surface area contributed by atoms with Gasteiger partial charge in [-0.3, -0.25) is 4.98 Å². The molecular weight excluding hydrogens is 224 g/mol. The SMILES string of the molecule is CNC(c1cccnc1)c1ccc2c(c1)COC2. The summed E-state index contributed by atoms with van der Waals surface area (Å²) in [5, 5.41) is 3.34. The van der Waals surface area contributed by atoms with Gasteiger partial charge in [-0.05, 0) is 35.4 Å². The molecule has 1 N–H and O–H groups in total. The molecule has 3 rings (SSSR count).